The SMILES string of the molecule is CC.COc1cc(F)c(Cl)cc1[N+](=O)[O-]. The van der Waals surface area contributed by atoms with E-state index in [1.807, 2.05) is 13.8 Å². The molecule has 1 aromatic carbocycles. The highest BCUT2D eigenvalue weighted by molar-refractivity contribution is 6.31. The van der Waals surface area contributed by atoms with E-state index in [0.29, 0.717) is 0 Å². The molecule has 0 spiro atoms. The zero-order valence-electron chi connectivity index (χ0n) is 8.58. The van der Waals surface area contributed by atoms with E-state index in [0.717, 1.165) is 12.1 Å². The van der Waals surface area contributed by atoms with E-state index in [-0.39, 0.29) is 16.5 Å². The van der Waals surface area contributed by atoms with E-state index in [2.05, 4.69) is 4.74 Å². The summed E-state index contributed by atoms with van der Waals surface area (Å²) in [5, 5.41) is 10.1. The Morgan fingerprint density at radius 3 is 2.40 bits per heavy atom. The molecule has 0 aromatic heterocycles. The van der Waals surface area contributed by atoms with Crippen molar-refractivity contribution in [2.75, 3.05) is 7.11 Å². The molecule has 0 fully saturated rings. The summed E-state index contributed by atoms with van der Waals surface area (Å²) in [6, 6.07) is 1.79. The molecule has 0 aliphatic heterocycles. The fraction of sp³-hybridized carbons (Fsp3) is 0.333. The van der Waals surface area contributed by atoms with Crippen LogP contribution in [0.3, 0.4) is 0 Å². The van der Waals surface area contributed by atoms with Crippen LogP contribution in [0.25, 0.3) is 0 Å². The number of hydrogen-bond donors (Lipinski definition) is 0. The Morgan fingerprint density at radius 1 is 1.47 bits per heavy atom. The fourth-order valence-electron chi connectivity index (χ4n) is 0.824. The molecule has 0 bridgehead atoms. The summed E-state index contributed by atoms with van der Waals surface area (Å²) in [4.78, 5) is 9.70. The van der Waals surface area contributed by atoms with Gasteiger partial charge in [-0.15, -0.1) is 0 Å². The number of nitrogens with zero attached hydrogens (tertiary/aromatic N) is 1. The molecule has 0 saturated heterocycles. The predicted molar refractivity (Wildman–Crippen MR) is 56.0 cm³/mol. The van der Waals surface area contributed by atoms with E-state index >= 15 is 0 Å². The molecule has 4 nitrogen and oxygen atoms in total. The summed E-state index contributed by atoms with van der Waals surface area (Å²) < 4.78 is 17.4. The number of ether oxygens (including phenoxy) is 1. The molecular formula is C9H11ClFNO3. The molecular weight excluding hydrogens is 225 g/mol. The Hall–Kier alpha value is -1.36. The molecule has 84 valence electrons. The number of hydrogen-bond acceptors (Lipinski definition) is 3. The van der Waals surface area contributed by atoms with E-state index in [1.54, 1.807) is 0 Å². The van der Waals surface area contributed by atoms with Gasteiger partial charge in [0.05, 0.1) is 17.1 Å². The summed E-state index contributed by atoms with van der Waals surface area (Å²) in [7, 11) is 1.22. The fourth-order valence-corrected chi connectivity index (χ4v) is 0.982. The summed E-state index contributed by atoms with van der Waals surface area (Å²) in [6.45, 7) is 4.00. The largest absolute Gasteiger partial charge is 0.490 e. The second-order valence-electron chi connectivity index (χ2n) is 2.20. The maximum absolute atomic E-state index is 12.8. The highest BCUT2D eigenvalue weighted by Crippen LogP contribution is 2.31. The Labute approximate surface area is 91.8 Å². The normalized spacial score (nSPS) is 8.87. The van der Waals surface area contributed by atoms with Gasteiger partial charge in [0.25, 0.3) is 0 Å². The lowest BCUT2D eigenvalue weighted by atomic mass is 10.3. The standard InChI is InChI=1S/C7H5ClFNO3.C2H6/c1-13-7-3-5(9)4(8)2-6(7)10(11)12;1-2/h2-3H,1H3;1-2H3. The highest BCUT2D eigenvalue weighted by Gasteiger charge is 2.17. The van der Waals surface area contributed by atoms with Gasteiger partial charge >= 0.3 is 5.69 Å². The molecule has 1 rings (SSSR count). The second kappa shape index (κ2) is 6.19. The van der Waals surface area contributed by atoms with Crippen LogP contribution in [0.5, 0.6) is 5.75 Å². The molecule has 0 amide bonds. The van der Waals surface area contributed by atoms with Gasteiger partial charge in [-0.2, -0.15) is 0 Å². The number of halogens is 2. The predicted octanol–water partition coefficient (Wildman–Crippen LogP) is 3.42. The number of methoxy groups -OCH3 is 1. The van der Waals surface area contributed by atoms with Crippen molar-refractivity contribution in [3.05, 3.63) is 33.1 Å². The molecule has 0 saturated carbocycles. The lowest BCUT2D eigenvalue weighted by molar-refractivity contribution is -0.385. The Bertz CT molecular complexity index is 357. The summed E-state index contributed by atoms with van der Waals surface area (Å²) in [5.74, 6) is -0.893. The summed E-state index contributed by atoms with van der Waals surface area (Å²) >= 11 is 5.35. The van der Waals surface area contributed by atoms with Crippen molar-refractivity contribution in [3.8, 4) is 5.75 Å². The first-order valence-corrected chi connectivity index (χ1v) is 4.61. The van der Waals surface area contributed by atoms with Gasteiger partial charge in [0.1, 0.15) is 5.82 Å². The molecule has 0 heterocycles. The zero-order valence-corrected chi connectivity index (χ0v) is 9.34. The zero-order chi connectivity index (χ0) is 12.0. The molecule has 0 aliphatic rings. The first kappa shape index (κ1) is 13.6. The maximum Gasteiger partial charge on any atom is 0.312 e. The van der Waals surface area contributed by atoms with Gasteiger partial charge in [0.2, 0.25) is 0 Å². The van der Waals surface area contributed by atoms with Crippen LogP contribution in [0.4, 0.5) is 10.1 Å². The molecule has 15 heavy (non-hydrogen) atoms. The van der Waals surface area contributed by atoms with Crippen molar-refractivity contribution < 1.29 is 14.1 Å². The van der Waals surface area contributed by atoms with E-state index < -0.39 is 10.7 Å². The number of nitro groups is 1. The van der Waals surface area contributed by atoms with Gasteiger partial charge < -0.3 is 4.74 Å². The topological polar surface area (TPSA) is 52.4 Å². The average Bonchev–Trinajstić information content (AvgIpc) is 2.24. The number of nitro benzene ring substituents is 1. The average molecular weight is 236 g/mol. The van der Waals surface area contributed by atoms with Crippen LogP contribution in [0.1, 0.15) is 13.8 Å². The first-order valence-electron chi connectivity index (χ1n) is 4.23. The van der Waals surface area contributed by atoms with Gasteiger partial charge in [0, 0.05) is 12.1 Å². The van der Waals surface area contributed by atoms with Gasteiger partial charge in [-0.1, -0.05) is 25.4 Å². The lowest BCUT2D eigenvalue weighted by Crippen LogP contribution is -1.94. The van der Waals surface area contributed by atoms with Crippen LogP contribution in [0.15, 0.2) is 12.1 Å². The summed E-state index contributed by atoms with van der Waals surface area (Å²) in [6.07, 6.45) is 0. The van der Waals surface area contributed by atoms with Crippen LogP contribution in [-0.4, -0.2) is 12.0 Å². The molecule has 1 aromatic rings. The second-order valence-corrected chi connectivity index (χ2v) is 2.60. The molecule has 6 heteroatoms. The monoisotopic (exact) mass is 235 g/mol. The van der Waals surface area contributed by atoms with E-state index in [4.69, 9.17) is 11.6 Å². The van der Waals surface area contributed by atoms with Gasteiger partial charge in [0.15, 0.2) is 5.75 Å². The molecule has 0 radical (unpaired) electrons. The van der Waals surface area contributed by atoms with Crippen LogP contribution < -0.4 is 4.74 Å². The van der Waals surface area contributed by atoms with Crippen molar-refractivity contribution >= 4 is 17.3 Å². The van der Waals surface area contributed by atoms with Crippen LogP contribution in [0, 0.1) is 15.9 Å². The van der Waals surface area contributed by atoms with Gasteiger partial charge in [-0.3, -0.25) is 10.1 Å². The van der Waals surface area contributed by atoms with Crippen molar-refractivity contribution in [2.45, 2.75) is 13.8 Å². The maximum atomic E-state index is 12.8. The third-order valence-electron chi connectivity index (χ3n) is 1.42. The number of rotatable bonds is 2. The Kier molecular flexibility index (Phi) is 5.62. The van der Waals surface area contributed by atoms with Crippen molar-refractivity contribution in [1.82, 2.24) is 0 Å². The van der Waals surface area contributed by atoms with E-state index in [9.17, 15) is 14.5 Å². The minimum absolute atomic E-state index is 0.146. The smallest absolute Gasteiger partial charge is 0.312 e. The van der Waals surface area contributed by atoms with Crippen LogP contribution in [-0.2, 0) is 0 Å². The number of benzene rings is 1. The van der Waals surface area contributed by atoms with Crippen LogP contribution in [0.2, 0.25) is 5.02 Å². The third-order valence-corrected chi connectivity index (χ3v) is 1.71. The third kappa shape index (κ3) is 3.36. The quantitative estimate of drug-likeness (QED) is 0.583. The van der Waals surface area contributed by atoms with Crippen molar-refractivity contribution in [3.63, 3.8) is 0 Å². The summed E-state index contributed by atoms with van der Waals surface area (Å²) in [5.41, 5.74) is -0.353. The highest BCUT2D eigenvalue weighted by atomic mass is 35.5. The molecule has 0 atom stereocenters. The minimum Gasteiger partial charge on any atom is -0.490 e. The first-order chi connectivity index (χ1) is 7.06. The van der Waals surface area contributed by atoms with Crippen molar-refractivity contribution in [1.29, 1.82) is 0 Å². The molecule has 0 unspecified atom stereocenters. The van der Waals surface area contributed by atoms with Crippen molar-refractivity contribution in [2.24, 2.45) is 0 Å². The Morgan fingerprint density at radius 2 is 2.00 bits per heavy atom. The van der Waals surface area contributed by atoms with Gasteiger partial charge in [-0.25, -0.2) is 4.39 Å². The molecule has 0 N–H and O–H groups in total. The molecule has 0 aliphatic carbocycles. The van der Waals surface area contributed by atoms with E-state index in [1.165, 1.54) is 7.11 Å². The minimum atomic E-state index is -0.746. The Balaban J connectivity index is 0.000000921. The lowest BCUT2D eigenvalue weighted by Gasteiger charge is -2.01. The van der Waals surface area contributed by atoms with Gasteiger partial charge in [-0.05, 0) is 0 Å². The van der Waals surface area contributed by atoms with Crippen LogP contribution >= 0.6 is 11.6 Å².